The van der Waals surface area contributed by atoms with E-state index < -0.39 is 11.7 Å². The molecule has 2 aromatic rings. The number of amidine groups is 1. The summed E-state index contributed by atoms with van der Waals surface area (Å²) in [5.74, 6) is 3.72. The standard InChI is InChI=1S/C15H22N2.C10H21NO.C10H23N.C9H10F3P.C8H18.C2H6/c1-4-9-13(3)17-15(16-12-5-2)14-10-7-6-8-11-14;1-10-4-7-11(8-5-10)6-3-9-12-2;1-5-6-8-11(4)9-7-10(2)3;1-5-3-7(9(10,11)12)6(2)8(13)4-5;1-4-6-8(3)7-5-2;1-2/h6-11H,4-5,12H2,1-3H3,(H,16,17);10H,3-9H2,1-2H3;10H,5-9H2,1-4H3;3-4H,13H2,1-2H3;8H,4-7H2,1-3H3;1-2H3. The molecule has 0 spiro atoms. The zero-order valence-electron chi connectivity index (χ0n) is 43.7. The molecule has 1 heterocycles. The van der Waals surface area contributed by atoms with Gasteiger partial charge in [-0.15, -0.1) is 9.24 Å². The van der Waals surface area contributed by atoms with Crippen LogP contribution in [0.3, 0.4) is 0 Å². The third-order valence-corrected chi connectivity index (χ3v) is 11.1. The fourth-order valence-electron chi connectivity index (χ4n) is 6.61. The number of allylic oxidation sites excluding steroid dienone is 2. The van der Waals surface area contributed by atoms with Crippen molar-refractivity contribution in [3.63, 3.8) is 0 Å². The topological polar surface area (TPSA) is 40.1 Å². The molecule has 0 saturated carbocycles. The molecule has 0 aliphatic carbocycles. The number of aryl methyl sites for hydroxylation is 1. The molecule has 1 saturated heterocycles. The molecule has 5 nitrogen and oxygen atoms in total. The zero-order valence-corrected chi connectivity index (χ0v) is 44.9. The van der Waals surface area contributed by atoms with Crippen molar-refractivity contribution in [1.29, 1.82) is 0 Å². The lowest BCUT2D eigenvalue weighted by Gasteiger charge is -2.29. The molecule has 0 bridgehead atoms. The summed E-state index contributed by atoms with van der Waals surface area (Å²) in [7, 11) is 6.31. The molecule has 1 unspecified atom stereocenters. The normalized spacial score (nSPS) is 13.4. The number of unbranched alkanes of at least 4 members (excludes halogenated alkanes) is 1. The first-order valence-electron chi connectivity index (χ1n) is 24.8. The fraction of sp³-hybridized carbons (Fsp3) is 0.722. The first kappa shape index (κ1) is 65.0. The number of methoxy groups -OCH3 is 1. The molecule has 368 valence electrons. The predicted octanol–water partition coefficient (Wildman–Crippen LogP) is 15.3. The summed E-state index contributed by atoms with van der Waals surface area (Å²) in [6.45, 7) is 37.6. The maximum atomic E-state index is 12.4. The lowest BCUT2D eigenvalue weighted by molar-refractivity contribution is -0.138. The Morgan fingerprint density at radius 2 is 1.49 bits per heavy atom. The largest absolute Gasteiger partial charge is 0.416 e. The van der Waals surface area contributed by atoms with Crippen LogP contribution in [-0.2, 0) is 10.9 Å². The molecule has 0 amide bonds. The Bertz CT molecular complexity index is 1370. The Morgan fingerprint density at radius 1 is 0.905 bits per heavy atom. The van der Waals surface area contributed by atoms with E-state index in [1.54, 1.807) is 20.1 Å². The number of hydrogen-bond donors (Lipinski definition) is 1. The highest BCUT2D eigenvalue weighted by atomic mass is 31.0. The lowest BCUT2D eigenvalue weighted by atomic mass is 9.99. The van der Waals surface area contributed by atoms with Crippen molar-refractivity contribution in [1.82, 2.24) is 15.1 Å². The number of rotatable bonds is 19. The van der Waals surface area contributed by atoms with E-state index in [-0.39, 0.29) is 5.56 Å². The van der Waals surface area contributed by atoms with Gasteiger partial charge in [0.2, 0.25) is 0 Å². The Kier molecular flexibility index (Phi) is 43.8. The molecule has 1 aliphatic rings. The minimum absolute atomic E-state index is 0.281. The number of halogens is 3. The first-order chi connectivity index (χ1) is 29.9. The highest BCUT2D eigenvalue weighted by Gasteiger charge is 2.32. The summed E-state index contributed by atoms with van der Waals surface area (Å²) < 4.78 is 42.2. The van der Waals surface area contributed by atoms with Gasteiger partial charge in [0, 0.05) is 38.1 Å². The Balaban J connectivity index is -0.000000720. The summed E-state index contributed by atoms with van der Waals surface area (Å²) in [6.07, 6.45) is 13.5. The van der Waals surface area contributed by atoms with Gasteiger partial charge in [0.1, 0.15) is 5.84 Å². The van der Waals surface area contributed by atoms with E-state index in [2.05, 4.69) is 124 Å². The van der Waals surface area contributed by atoms with E-state index in [4.69, 9.17) is 4.74 Å². The van der Waals surface area contributed by atoms with Gasteiger partial charge in [-0.25, -0.2) is 0 Å². The smallest absolute Gasteiger partial charge is 0.385 e. The average molecular weight is 909 g/mol. The van der Waals surface area contributed by atoms with Crippen molar-refractivity contribution in [3.05, 3.63) is 76.5 Å². The zero-order chi connectivity index (χ0) is 48.6. The van der Waals surface area contributed by atoms with Gasteiger partial charge in [-0.3, -0.25) is 4.99 Å². The van der Waals surface area contributed by atoms with E-state index in [1.165, 1.54) is 110 Å². The van der Waals surface area contributed by atoms with E-state index in [9.17, 15) is 13.2 Å². The van der Waals surface area contributed by atoms with Gasteiger partial charge in [0.15, 0.2) is 0 Å². The molecule has 1 fully saturated rings. The number of nitrogens with zero attached hydrogens (tertiary/aromatic N) is 3. The van der Waals surface area contributed by atoms with Gasteiger partial charge in [-0.05, 0) is 139 Å². The second kappa shape index (κ2) is 42.4. The summed E-state index contributed by atoms with van der Waals surface area (Å²) in [5.41, 5.74) is 2.67. The molecule has 1 aliphatic heterocycles. The Hall–Kier alpha value is -2.25. The van der Waals surface area contributed by atoms with Crippen molar-refractivity contribution >= 4 is 20.4 Å². The molecular weight excluding hydrogens is 809 g/mol. The van der Waals surface area contributed by atoms with Crippen LogP contribution in [0.25, 0.3) is 0 Å². The van der Waals surface area contributed by atoms with Crippen molar-refractivity contribution in [2.45, 2.75) is 180 Å². The highest BCUT2D eigenvalue weighted by molar-refractivity contribution is 7.27. The van der Waals surface area contributed by atoms with Crippen LogP contribution in [0.15, 0.2) is 59.2 Å². The molecule has 9 heteroatoms. The number of piperidine rings is 1. The van der Waals surface area contributed by atoms with Gasteiger partial charge in [-0.1, -0.05) is 151 Å². The highest BCUT2D eigenvalue weighted by Crippen LogP contribution is 2.32. The third-order valence-electron chi connectivity index (χ3n) is 10.5. The molecule has 3 rings (SSSR count). The summed E-state index contributed by atoms with van der Waals surface area (Å²) >= 11 is 0. The van der Waals surface area contributed by atoms with Crippen LogP contribution in [0.2, 0.25) is 0 Å². The molecule has 1 N–H and O–H groups in total. The van der Waals surface area contributed by atoms with Crippen LogP contribution in [0.4, 0.5) is 13.2 Å². The lowest BCUT2D eigenvalue weighted by Crippen LogP contribution is -2.33. The van der Waals surface area contributed by atoms with Gasteiger partial charge in [0.05, 0.1) is 5.56 Å². The predicted molar refractivity (Wildman–Crippen MR) is 279 cm³/mol. The van der Waals surface area contributed by atoms with E-state index >= 15 is 0 Å². The summed E-state index contributed by atoms with van der Waals surface area (Å²) in [5, 5.41) is 3.98. The number of ether oxygens (including phenoxy) is 1. The number of nitrogens with one attached hydrogen (secondary N) is 1. The van der Waals surface area contributed by atoms with Crippen molar-refractivity contribution < 1.29 is 17.9 Å². The fourth-order valence-corrected chi connectivity index (χ4v) is 7.03. The summed E-state index contributed by atoms with van der Waals surface area (Å²) in [4.78, 5) is 9.59. The minimum atomic E-state index is -4.25. The van der Waals surface area contributed by atoms with E-state index in [1.807, 2.05) is 32.0 Å². The van der Waals surface area contributed by atoms with Crippen molar-refractivity contribution in [3.8, 4) is 0 Å². The van der Waals surface area contributed by atoms with E-state index in [0.717, 1.165) is 60.8 Å². The monoisotopic (exact) mass is 909 g/mol. The average Bonchev–Trinajstić information content (AvgIpc) is 3.25. The van der Waals surface area contributed by atoms with Crippen LogP contribution in [0.5, 0.6) is 0 Å². The number of hydrogen-bond acceptors (Lipinski definition) is 4. The number of benzene rings is 2. The van der Waals surface area contributed by atoms with Crippen LogP contribution >= 0.6 is 9.24 Å². The second-order valence-corrected chi connectivity index (χ2v) is 18.1. The minimum Gasteiger partial charge on any atom is -0.385 e. The quantitative estimate of drug-likeness (QED) is 0.0660. The van der Waals surface area contributed by atoms with Gasteiger partial charge >= 0.3 is 6.18 Å². The Morgan fingerprint density at radius 3 is 1.97 bits per heavy atom. The van der Waals surface area contributed by atoms with Gasteiger partial charge < -0.3 is 19.9 Å². The van der Waals surface area contributed by atoms with Crippen LogP contribution in [-0.4, -0.2) is 75.7 Å². The van der Waals surface area contributed by atoms with Crippen LogP contribution < -0.4 is 10.6 Å². The van der Waals surface area contributed by atoms with Gasteiger partial charge in [-0.2, -0.15) is 13.2 Å². The second-order valence-electron chi connectivity index (χ2n) is 17.4. The molecule has 63 heavy (non-hydrogen) atoms. The number of alkyl halides is 3. The van der Waals surface area contributed by atoms with Crippen molar-refractivity contribution in [2.75, 3.05) is 60.0 Å². The maximum absolute atomic E-state index is 12.4. The van der Waals surface area contributed by atoms with Gasteiger partial charge in [0.25, 0.3) is 0 Å². The Labute approximate surface area is 391 Å². The molecule has 0 aromatic heterocycles. The summed E-state index contributed by atoms with van der Waals surface area (Å²) in [6, 6.07) is 13.2. The number of aliphatic imine (C=N–C) groups is 1. The third kappa shape index (κ3) is 37.7. The van der Waals surface area contributed by atoms with E-state index in [0.29, 0.717) is 10.9 Å². The molecular formula is C54H100F3N4OP. The van der Waals surface area contributed by atoms with Crippen LogP contribution in [0.1, 0.15) is 182 Å². The van der Waals surface area contributed by atoms with Crippen LogP contribution in [0, 0.1) is 31.6 Å². The molecule has 1 atom stereocenters. The maximum Gasteiger partial charge on any atom is 0.416 e. The number of likely N-dealkylation sites (tertiary alicyclic amines) is 1. The molecule has 2 aromatic carbocycles. The SMILES string of the molecule is CC.CCC=C(C)NC(=NCCC)c1ccccc1.CCCC(C)CCC.CCCCN(C)CCC(C)C.COCCCN1CCC(C)CC1.Cc1cc(P)c(C)c(C(F)(F)F)c1. The molecule has 0 radical (unpaired) electrons. The first-order valence-corrected chi connectivity index (χ1v) is 25.3. The van der Waals surface area contributed by atoms with Crippen molar-refractivity contribution in [2.24, 2.45) is 22.7 Å².